The molecule has 0 spiro atoms. The molecule has 0 radical (unpaired) electrons. The van der Waals surface area contributed by atoms with Crippen LogP contribution in [-0.4, -0.2) is 31.8 Å². The molecule has 0 bridgehead atoms. The van der Waals surface area contributed by atoms with Gasteiger partial charge in [-0.2, -0.15) is 5.10 Å². The Balaban J connectivity index is 1.87. The number of carbonyl (C=O) groups is 1. The number of ether oxygens (including phenoxy) is 1. The predicted molar refractivity (Wildman–Crippen MR) is 133 cm³/mol. The molecule has 1 amide bonds. The quantitative estimate of drug-likeness (QED) is 0.369. The van der Waals surface area contributed by atoms with E-state index in [0.717, 1.165) is 32.2 Å². The van der Waals surface area contributed by atoms with Crippen LogP contribution in [0.2, 0.25) is 0 Å². The molecular formula is C24H25BrN6O2. The van der Waals surface area contributed by atoms with E-state index < -0.39 is 12.2 Å². The van der Waals surface area contributed by atoms with Crippen LogP contribution in [0.3, 0.4) is 0 Å². The first-order valence-electron chi connectivity index (χ1n) is 10.4. The smallest absolute Gasteiger partial charge is 0.405 e. The molecule has 4 N–H and O–H groups in total. The summed E-state index contributed by atoms with van der Waals surface area (Å²) in [6.45, 7) is 6.19. The number of rotatable bonds is 5. The van der Waals surface area contributed by atoms with Crippen molar-refractivity contribution < 1.29 is 9.53 Å². The fourth-order valence-electron chi connectivity index (χ4n) is 3.68. The summed E-state index contributed by atoms with van der Waals surface area (Å²) in [5.41, 5.74) is 15.5. The highest BCUT2D eigenvalue weighted by Gasteiger charge is 2.24. The first-order valence-corrected chi connectivity index (χ1v) is 11.2. The van der Waals surface area contributed by atoms with Gasteiger partial charge in [-0.25, -0.2) is 14.3 Å². The van der Waals surface area contributed by atoms with Crippen molar-refractivity contribution in [2.75, 3.05) is 5.73 Å². The molecule has 9 heteroatoms. The van der Waals surface area contributed by atoms with Crippen LogP contribution in [0.15, 0.2) is 59.5 Å². The van der Waals surface area contributed by atoms with Gasteiger partial charge in [-0.05, 0) is 39.6 Å². The molecule has 1 unspecified atom stereocenters. The van der Waals surface area contributed by atoms with Gasteiger partial charge in [-0.3, -0.25) is 4.98 Å². The average Bonchev–Trinajstić information content (AvgIpc) is 3.03. The minimum atomic E-state index is -0.844. The maximum atomic E-state index is 11.6. The summed E-state index contributed by atoms with van der Waals surface area (Å²) >= 11 is 3.75. The van der Waals surface area contributed by atoms with Crippen molar-refractivity contribution in [2.45, 2.75) is 33.3 Å². The largest absolute Gasteiger partial charge is 0.442 e. The van der Waals surface area contributed by atoms with Crippen molar-refractivity contribution in [1.29, 1.82) is 0 Å². The summed E-state index contributed by atoms with van der Waals surface area (Å²) in [6.07, 6.45) is 5.93. The lowest BCUT2D eigenvalue weighted by Crippen LogP contribution is -2.24. The molecule has 3 aromatic heterocycles. The van der Waals surface area contributed by atoms with E-state index in [9.17, 15) is 4.79 Å². The Morgan fingerprint density at radius 3 is 2.76 bits per heavy atom. The van der Waals surface area contributed by atoms with Crippen molar-refractivity contribution in [3.63, 3.8) is 0 Å². The SMILES string of the molecule is CC(C)(C)C=CC(Cc1c(Br)c(-c2cnc3ccccc3c2)c2c(N)ncnn12)OC(N)=O. The number of hydrogen-bond acceptors (Lipinski definition) is 6. The molecule has 0 saturated heterocycles. The predicted octanol–water partition coefficient (Wildman–Crippen LogP) is 4.90. The Morgan fingerprint density at radius 1 is 1.27 bits per heavy atom. The summed E-state index contributed by atoms with van der Waals surface area (Å²) in [5, 5.41) is 5.43. The number of nitrogen functional groups attached to an aromatic ring is 1. The third-order valence-corrected chi connectivity index (χ3v) is 5.99. The van der Waals surface area contributed by atoms with Crippen LogP contribution >= 0.6 is 15.9 Å². The molecule has 4 rings (SSSR count). The molecule has 1 atom stereocenters. The number of amides is 1. The number of aromatic nitrogens is 4. The highest BCUT2D eigenvalue weighted by Crippen LogP contribution is 2.40. The van der Waals surface area contributed by atoms with Gasteiger partial charge in [0, 0.05) is 33.6 Å². The van der Waals surface area contributed by atoms with Gasteiger partial charge in [-0.1, -0.05) is 45.0 Å². The number of anilines is 1. The highest BCUT2D eigenvalue weighted by molar-refractivity contribution is 9.10. The maximum Gasteiger partial charge on any atom is 0.405 e. The molecule has 8 nitrogen and oxygen atoms in total. The van der Waals surface area contributed by atoms with Crippen molar-refractivity contribution >= 4 is 44.3 Å². The van der Waals surface area contributed by atoms with Gasteiger partial charge in [0.05, 0.1) is 11.2 Å². The molecule has 0 saturated carbocycles. The normalized spacial score (nSPS) is 13.1. The molecular weight excluding hydrogens is 484 g/mol. The van der Waals surface area contributed by atoms with E-state index >= 15 is 0 Å². The number of fused-ring (bicyclic) bond motifs is 2. The standard InChI is InChI=1S/C24H25BrN6O2/c1-24(2,3)9-8-16(33-23(27)32)11-18-20(25)19(21-22(26)29-13-30-31(18)21)15-10-14-6-4-5-7-17(14)28-12-15/h4-10,12-13,16H,11H2,1-3H3,(H2,27,32)(H2,26,29,30). The number of allylic oxidation sites excluding steroid dienone is 1. The number of para-hydroxylation sites is 1. The van der Waals surface area contributed by atoms with Crippen LogP contribution in [0.5, 0.6) is 0 Å². The van der Waals surface area contributed by atoms with E-state index in [-0.39, 0.29) is 5.41 Å². The number of nitrogens with two attached hydrogens (primary N) is 2. The van der Waals surface area contributed by atoms with Crippen molar-refractivity contribution in [3.8, 4) is 11.1 Å². The van der Waals surface area contributed by atoms with Crippen LogP contribution in [-0.2, 0) is 11.2 Å². The van der Waals surface area contributed by atoms with Gasteiger partial charge < -0.3 is 16.2 Å². The van der Waals surface area contributed by atoms with Gasteiger partial charge in [-0.15, -0.1) is 0 Å². The second-order valence-corrected chi connectivity index (χ2v) is 9.66. The molecule has 0 aliphatic carbocycles. The Morgan fingerprint density at radius 2 is 2.03 bits per heavy atom. The monoisotopic (exact) mass is 508 g/mol. The van der Waals surface area contributed by atoms with Crippen LogP contribution < -0.4 is 11.5 Å². The molecule has 0 aliphatic heterocycles. The maximum absolute atomic E-state index is 11.6. The number of hydrogen-bond donors (Lipinski definition) is 2. The fourth-order valence-corrected chi connectivity index (χ4v) is 4.43. The summed E-state index contributed by atoms with van der Waals surface area (Å²) in [7, 11) is 0. The lowest BCUT2D eigenvalue weighted by atomic mass is 9.95. The van der Waals surface area contributed by atoms with Gasteiger partial charge in [0.25, 0.3) is 0 Å². The van der Waals surface area contributed by atoms with Crippen molar-refractivity contribution in [3.05, 3.63) is 65.2 Å². The molecule has 1 aromatic carbocycles. The first kappa shape index (κ1) is 22.7. The van der Waals surface area contributed by atoms with Crippen LogP contribution in [0.1, 0.15) is 26.5 Å². The van der Waals surface area contributed by atoms with Gasteiger partial charge >= 0.3 is 6.09 Å². The van der Waals surface area contributed by atoms with E-state index in [2.05, 4.69) is 57.8 Å². The number of primary amides is 1. The zero-order chi connectivity index (χ0) is 23.8. The number of pyridine rings is 1. The lowest BCUT2D eigenvalue weighted by Gasteiger charge is -2.16. The minimum absolute atomic E-state index is 0.0910. The van der Waals surface area contributed by atoms with Crippen LogP contribution in [0.25, 0.3) is 27.5 Å². The molecule has 0 fully saturated rings. The third kappa shape index (κ3) is 4.83. The molecule has 0 aliphatic rings. The Hall–Kier alpha value is -3.46. The highest BCUT2D eigenvalue weighted by atomic mass is 79.9. The Labute approximate surface area is 199 Å². The minimum Gasteiger partial charge on any atom is -0.442 e. The zero-order valence-electron chi connectivity index (χ0n) is 18.6. The second-order valence-electron chi connectivity index (χ2n) is 8.86. The van der Waals surface area contributed by atoms with Crippen LogP contribution in [0.4, 0.5) is 10.6 Å². The van der Waals surface area contributed by atoms with E-state index in [1.165, 1.54) is 6.33 Å². The summed E-state index contributed by atoms with van der Waals surface area (Å²) in [6, 6.07) is 9.94. The Kier molecular flexibility index (Phi) is 6.07. The first-order chi connectivity index (χ1) is 15.6. The summed E-state index contributed by atoms with van der Waals surface area (Å²) < 4.78 is 7.88. The van der Waals surface area contributed by atoms with Gasteiger partial charge in [0.2, 0.25) is 0 Å². The molecule has 170 valence electrons. The van der Waals surface area contributed by atoms with E-state index in [0.29, 0.717) is 17.8 Å². The van der Waals surface area contributed by atoms with Crippen molar-refractivity contribution in [2.24, 2.45) is 11.1 Å². The van der Waals surface area contributed by atoms with Gasteiger partial charge in [0.1, 0.15) is 17.9 Å². The van der Waals surface area contributed by atoms with Crippen molar-refractivity contribution in [1.82, 2.24) is 19.6 Å². The van der Waals surface area contributed by atoms with E-state index in [1.54, 1.807) is 10.7 Å². The molecule has 3 heterocycles. The summed E-state index contributed by atoms with van der Waals surface area (Å²) in [4.78, 5) is 20.4. The third-order valence-electron chi connectivity index (χ3n) is 5.14. The zero-order valence-corrected chi connectivity index (χ0v) is 20.2. The topological polar surface area (TPSA) is 121 Å². The summed E-state index contributed by atoms with van der Waals surface area (Å²) in [5.74, 6) is 0.331. The average molecular weight is 509 g/mol. The number of carbonyl (C=O) groups excluding carboxylic acids is 1. The fraction of sp³-hybridized carbons (Fsp3) is 0.250. The second kappa shape index (κ2) is 8.82. The number of nitrogens with zero attached hydrogens (tertiary/aromatic N) is 4. The number of halogens is 1. The van der Waals surface area contributed by atoms with Crippen LogP contribution in [0, 0.1) is 5.41 Å². The Bertz CT molecular complexity index is 1370. The van der Waals surface area contributed by atoms with Gasteiger partial charge in [0.15, 0.2) is 5.82 Å². The van der Waals surface area contributed by atoms with E-state index in [1.807, 2.05) is 36.4 Å². The molecule has 4 aromatic rings. The number of benzene rings is 1. The molecule has 33 heavy (non-hydrogen) atoms. The lowest BCUT2D eigenvalue weighted by molar-refractivity contribution is 0.128. The van der Waals surface area contributed by atoms with E-state index in [4.69, 9.17) is 16.2 Å².